The van der Waals surface area contributed by atoms with Gasteiger partial charge >= 0.3 is 0 Å². The molecule has 106 valence electrons. The molecule has 1 amide bonds. The van der Waals surface area contributed by atoms with Gasteiger partial charge in [-0.25, -0.2) is 0 Å². The topological polar surface area (TPSA) is 98.6 Å². The molecule has 0 spiro atoms. The van der Waals surface area contributed by atoms with E-state index in [1.54, 1.807) is 0 Å². The van der Waals surface area contributed by atoms with Crippen LogP contribution in [0.5, 0.6) is 5.75 Å². The Morgan fingerprint density at radius 1 is 1.32 bits per heavy atom. The van der Waals surface area contributed by atoms with E-state index in [4.69, 9.17) is 16.2 Å². The van der Waals surface area contributed by atoms with Gasteiger partial charge in [-0.3, -0.25) is 4.79 Å². The van der Waals surface area contributed by atoms with Crippen LogP contribution in [-0.4, -0.2) is 28.8 Å². The summed E-state index contributed by atoms with van der Waals surface area (Å²) >= 11 is 0. The number of rotatable bonds is 5. The molecule has 1 unspecified atom stereocenters. The Labute approximate surface area is 113 Å². The first-order valence-electron chi connectivity index (χ1n) is 6.20. The number of aliphatic hydroxyl groups excluding tert-OH is 1. The Bertz CT molecular complexity index is 423. The van der Waals surface area contributed by atoms with E-state index in [2.05, 4.69) is 0 Å². The van der Waals surface area contributed by atoms with Gasteiger partial charge in [0.05, 0.1) is 0 Å². The summed E-state index contributed by atoms with van der Waals surface area (Å²) in [6.45, 7) is 5.92. The molecule has 5 nitrogen and oxygen atoms in total. The van der Waals surface area contributed by atoms with E-state index >= 15 is 0 Å². The molecule has 19 heavy (non-hydrogen) atoms. The smallest absolute Gasteiger partial charge is 0.247 e. The van der Waals surface area contributed by atoms with Crippen molar-refractivity contribution in [3.63, 3.8) is 0 Å². The molecule has 1 aromatic carbocycles. The Hall–Kier alpha value is -1.59. The summed E-state index contributed by atoms with van der Waals surface area (Å²) in [5.74, 6) is -0.0412. The van der Waals surface area contributed by atoms with Crippen molar-refractivity contribution in [1.29, 1.82) is 0 Å². The van der Waals surface area contributed by atoms with Crippen LogP contribution < -0.4 is 16.2 Å². The second-order valence-electron chi connectivity index (χ2n) is 5.57. The van der Waals surface area contributed by atoms with E-state index < -0.39 is 18.1 Å². The average Bonchev–Trinajstić information content (AvgIpc) is 2.28. The molecule has 0 saturated heterocycles. The number of hydrogen-bond acceptors (Lipinski definition) is 4. The standard InChI is InChI=1S/C14H22N2O3/c1-14(2,3)19-10-6-4-9(5-7-10)8-11(15)12(17)13(16)18/h4-7,11-12,17H,8,15H2,1-3H3,(H2,16,18)/t11-,12?/m0/s1. The summed E-state index contributed by atoms with van der Waals surface area (Å²) in [5.41, 5.74) is 11.4. The summed E-state index contributed by atoms with van der Waals surface area (Å²) in [7, 11) is 0. The van der Waals surface area contributed by atoms with E-state index in [0.717, 1.165) is 11.3 Å². The second-order valence-corrected chi connectivity index (χ2v) is 5.57. The lowest BCUT2D eigenvalue weighted by atomic mass is 10.0. The maximum absolute atomic E-state index is 10.8. The van der Waals surface area contributed by atoms with Gasteiger partial charge in [-0.1, -0.05) is 12.1 Å². The molecule has 0 bridgehead atoms. The lowest BCUT2D eigenvalue weighted by Gasteiger charge is -2.21. The van der Waals surface area contributed by atoms with Crippen molar-refractivity contribution in [2.45, 2.75) is 44.9 Å². The molecule has 0 aliphatic carbocycles. The normalized spacial score (nSPS) is 14.8. The monoisotopic (exact) mass is 266 g/mol. The van der Waals surface area contributed by atoms with Gasteiger partial charge in [0.15, 0.2) is 0 Å². The van der Waals surface area contributed by atoms with Gasteiger partial charge in [0.2, 0.25) is 5.91 Å². The Kier molecular flexibility index (Phi) is 4.91. The Morgan fingerprint density at radius 2 is 1.84 bits per heavy atom. The van der Waals surface area contributed by atoms with Crippen molar-refractivity contribution >= 4 is 5.91 Å². The van der Waals surface area contributed by atoms with Crippen LogP contribution in [-0.2, 0) is 11.2 Å². The minimum Gasteiger partial charge on any atom is -0.488 e. The van der Waals surface area contributed by atoms with Crippen LogP contribution in [0.1, 0.15) is 26.3 Å². The summed E-state index contributed by atoms with van der Waals surface area (Å²) in [4.78, 5) is 10.8. The van der Waals surface area contributed by atoms with Crippen LogP contribution in [0, 0.1) is 0 Å². The molecule has 1 rings (SSSR count). The van der Waals surface area contributed by atoms with Gasteiger partial charge in [0.25, 0.3) is 0 Å². The zero-order valence-electron chi connectivity index (χ0n) is 11.6. The number of carbonyl (C=O) groups excluding carboxylic acids is 1. The molecule has 0 aliphatic rings. The molecule has 0 aliphatic heterocycles. The fourth-order valence-electron chi connectivity index (χ4n) is 1.64. The number of amides is 1. The van der Waals surface area contributed by atoms with E-state index in [0.29, 0.717) is 6.42 Å². The maximum atomic E-state index is 10.8. The van der Waals surface area contributed by atoms with E-state index in [9.17, 15) is 9.90 Å². The highest BCUT2D eigenvalue weighted by molar-refractivity contribution is 5.79. The molecule has 0 fully saturated rings. The number of carbonyl (C=O) groups is 1. The number of ether oxygens (including phenoxy) is 1. The van der Waals surface area contributed by atoms with Gasteiger partial charge in [-0.05, 0) is 44.9 Å². The van der Waals surface area contributed by atoms with E-state index in [1.165, 1.54) is 0 Å². The van der Waals surface area contributed by atoms with Crippen molar-refractivity contribution in [1.82, 2.24) is 0 Å². The Balaban J connectivity index is 2.64. The largest absolute Gasteiger partial charge is 0.488 e. The third-order valence-electron chi connectivity index (χ3n) is 2.52. The summed E-state index contributed by atoms with van der Waals surface area (Å²) < 4.78 is 5.69. The third-order valence-corrected chi connectivity index (χ3v) is 2.52. The molecule has 0 aromatic heterocycles. The van der Waals surface area contributed by atoms with Crippen LogP contribution in [0.4, 0.5) is 0 Å². The van der Waals surface area contributed by atoms with Crippen LogP contribution in [0.25, 0.3) is 0 Å². The highest BCUT2D eigenvalue weighted by Gasteiger charge is 2.20. The van der Waals surface area contributed by atoms with Crippen molar-refractivity contribution in [2.75, 3.05) is 0 Å². The number of benzene rings is 1. The number of hydrogen-bond donors (Lipinski definition) is 3. The molecule has 1 aromatic rings. The summed E-state index contributed by atoms with van der Waals surface area (Å²) in [5, 5.41) is 9.44. The molecule has 0 heterocycles. The molecule has 0 saturated carbocycles. The molecule has 0 radical (unpaired) electrons. The lowest BCUT2D eigenvalue weighted by Crippen LogP contribution is -2.45. The van der Waals surface area contributed by atoms with Crippen LogP contribution in [0.15, 0.2) is 24.3 Å². The zero-order valence-corrected chi connectivity index (χ0v) is 11.6. The van der Waals surface area contributed by atoms with Crippen molar-refractivity contribution in [3.05, 3.63) is 29.8 Å². The summed E-state index contributed by atoms with van der Waals surface area (Å²) in [6, 6.07) is 6.68. The highest BCUT2D eigenvalue weighted by atomic mass is 16.5. The first-order chi connectivity index (χ1) is 8.69. The first kappa shape index (κ1) is 15.5. The maximum Gasteiger partial charge on any atom is 0.247 e. The Morgan fingerprint density at radius 3 is 2.26 bits per heavy atom. The summed E-state index contributed by atoms with van der Waals surface area (Å²) in [6.07, 6.45) is -0.953. The lowest BCUT2D eigenvalue weighted by molar-refractivity contribution is -0.126. The highest BCUT2D eigenvalue weighted by Crippen LogP contribution is 2.19. The van der Waals surface area contributed by atoms with E-state index in [1.807, 2.05) is 45.0 Å². The van der Waals surface area contributed by atoms with Crippen molar-refractivity contribution in [3.8, 4) is 5.75 Å². The predicted molar refractivity (Wildman–Crippen MR) is 73.7 cm³/mol. The number of nitrogens with two attached hydrogens (primary N) is 2. The average molecular weight is 266 g/mol. The fraction of sp³-hybridized carbons (Fsp3) is 0.500. The fourth-order valence-corrected chi connectivity index (χ4v) is 1.64. The molecular formula is C14H22N2O3. The van der Waals surface area contributed by atoms with Gasteiger partial charge < -0.3 is 21.3 Å². The predicted octanol–water partition coefficient (Wildman–Crippen LogP) is 0.580. The van der Waals surface area contributed by atoms with Gasteiger partial charge in [0, 0.05) is 6.04 Å². The van der Waals surface area contributed by atoms with Crippen molar-refractivity contribution < 1.29 is 14.6 Å². The van der Waals surface area contributed by atoms with Gasteiger partial charge in [0.1, 0.15) is 17.5 Å². The third kappa shape index (κ3) is 5.28. The van der Waals surface area contributed by atoms with Gasteiger partial charge in [-0.2, -0.15) is 0 Å². The minimum absolute atomic E-state index is 0.250. The minimum atomic E-state index is -1.33. The molecule has 2 atom stereocenters. The van der Waals surface area contributed by atoms with Gasteiger partial charge in [-0.15, -0.1) is 0 Å². The first-order valence-corrected chi connectivity index (χ1v) is 6.20. The molecule has 5 N–H and O–H groups in total. The van der Waals surface area contributed by atoms with Crippen molar-refractivity contribution in [2.24, 2.45) is 11.5 Å². The number of aliphatic hydroxyl groups is 1. The zero-order chi connectivity index (χ0) is 14.6. The second kappa shape index (κ2) is 6.04. The van der Waals surface area contributed by atoms with Crippen LogP contribution in [0.2, 0.25) is 0 Å². The quantitative estimate of drug-likeness (QED) is 0.726. The van der Waals surface area contributed by atoms with Crippen LogP contribution in [0.3, 0.4) is 0 Å². The van der Waals surface area contributed by atoms with E-state index in [-0.39, 0.29) is 5.60 Å². The molecule has 5 heteroatoms. The number of primary amides is 1. The molecular weight excluding hydrogens is 244 g/mol. The van der Waals surface area contributed by atoms with Crippen LogP contribution >= 0.6 is 0 Å². The SMILES string of the molecule is CC(C)(C)Oc1ccc(C[C@H](N)C(O)C(N)=O)cc1.